The molecule has 0 aliphatic carbocycles. The van der Waals surface area contributed by atoms with Crippen LogP contribution in [0.4, 0.5) is 10.2 Å². The van der Waals surface area contributed by atoms with Gasteiger partial charge in [-0.25, -0.2) is 14.4 Å². The molecule has 1 aliphatic rings. The Morgan fingerprint density at radius 3 is 2.57 bits per heavy atom. The third kappa shape index (κ3) is 5.69. The van der Waals surface area contributed by atoms with Crippen molar-refractivity contribution >= 4 is 11.5 Å². The monoisotopic (exact) mass is 475 g/mol. The van der Waals surface area contributed by atoms with Crippen molar-refractivity contribution in [2.45, 2.75) is 72.8 Å². The smallest absolute Gasteiger partial charge is 0.154 e. The van der Waals surface area contributed by atoms with Crippen molar-refractivity contribution in [3.63, 3.8) is 0 Å². The number of rotatable bonds is 7. The van der Waals surface area contributed by atoms with Crippen LogP contribution in [0.2, 0.25) is 0 Å². The number of aryl methyl sites for hydroxylation is 1. The minimum atomic E-state index is -0.149. The number of likely N-dealkylation sites (tertiary alicyclic amines) is 1. The van der Waals surface area contributed by atoms with Gasteiger partial charge in [0.05, 0.1) is 12.2 Å². The molecule has 35 heavy (non-hydrogen) atoms. The van der Waals surface area contributed by atoms with Gasteiger partial charge in [-0.05, 0) is 93.8 Å². The first-order valence-corrected chi connectivity index (χ1v) is 12.8. The molecule has 1 atom stereocenters. The van der Waals surface area contributed by atoms with Crippen LogP contribution in [0.5, 0.6) is 0 Å². The molecule has 3 heterocycles. The lowest BCUT2D eigenvalue weighted by atomic mass is 9.87. The molecule has 3 aromatic rings. The molecule has 0 amide bonds. The zero-order valence-electron chi connectivity index (χ0n) is 22.0. The van der Waals surface area contributed by atoms with Crippen molar-refractivity contribution in [1.29, 1.82) is 0 Å². The van der Waals surface area contributed by atoms with Gasteiger partial charge in [-0.3, -0.25) is 4.68 Å². The van der Waals surface area contributed by atoms with Crippen LogP contribution in [0.15, 0.2) is 41.8 Å². The van der Waals surface area contributed by atoms with E-state index in [9.17, 15) is 4.39 Å². The largest absolute Gasteiger partial charge is 0.303 e. The first-order chi connectivity index (χ1) is 16.8. The summed E-state index contributed by atoms with van der Waals surface area (Å²) in [5.74, 6) is 0.733. The van der Waals surface area contributed by atoms with E-state index in [4.69, 9.17) is 15.1 Å². The fraction of sp³-hybridized carbons (Fsp3) is 0.483. The highest BCUT2D eigenvalue weighted by Crippen LogP contribution is 2.33. The molecule has 1 aromatic carbocycles. The van der Waals surface area contributed by atoms with Crippen molar-refractivity contribution in [2.24, 2.45) is 4.99 Å². The molecule has 186 valence electrons. The summed E-state index contributed by atoms with van der Waals surface area (Å²) in [4.78, 5) is 11.9. The molecule has 0 saturated carbocycles. The van der Waals surface area contributed by atoms with Gasteiger partial charge in [0, 0.05) is 42.3 Å². The molecular weight excluding hydrogens is 437 g/mol. The number of piperidine rings is 1. The Bertz CT molecular complexity index is 1200. The molecule has 1 aliphatic heterocycles. The van der Waals surface area contributed by atoms with Gasteiger partial charge in [0.25, 0.3) is 0 Å². The number of benzene rings is 1. The summed E-state index contributed by atoms with van der Waals surface area (Å²) in [6, 6.07) is 6.07. The summed E-state index contributed by atoms with van der Waals surface area (Å²) >= 11 is 0. The SMILES string of the molecule is CCN1CCC(n2cc(-c3cnc(N=C(C)C)c(CC(C)c4c(C)ccc(F)c4C)c3)cn2)CC1. The Morgan fingerprint density at radius 1 is 1.14 bits per heavy atom. The molecule has 1 fully saturated rings. The van der Waals surface area contributed by atoms with E-state index in [0.717, 1.165) is 83.8 Å². The first kappa shape index (κ1) is 25.2. The summed E-state index contributed by atoms with van der Waals surface area (Å²) < 4.78 is 16.5. The summed E-state index contributed by atoms with van der Waals surface area (Å²) in [5.41, 5.74) is 7.08. The standard InChI is InChI=1S/C29H38FN5/c1-7-34-12-10-26(11-13-34)35-18-25(17-32-35)24-15-23(29(31-16-24)33-19(2)3)14-21(5)28-20(4)8-9-27(30)22(28)6/h8-9,15-18,21,26H,7,10-14H2,1-6H3. The molecule has 0 bridgehead atoms. The molecule has 6 heteroatoms. The Morgan fingerprint density at radius 2 is 1.89 bits per heavy atom. The van der Waals surface area contributed by atoms with E-state index >= 15 is 0 Å². The van der Waals surface area contributed by atoms with Gasteiger partial charge < -0.3 is 4.90 Å². The fourth-order valence-corrected chi connectivity index (χ4v) is 5.34. The molecule has 0 radical (unpaired) electrons. The number of nitrogens with zero attached hydrogens (tertiary/aromatic N) is 5. The third-order valence-corrected chi connectivity index (χ3v) is 7.27. The van der Waals surface area contributed by atoms with E-state index in [1.807, 2.05) is 39.2 Å². The predicted octanol–water partition coefficient (Wildman–Crippen LogP) is 6.82. The van der Waals surface area contributed by atoms with Crippen LogP contribution in [-0.4, -0.2) is 45.0 Å². The highest BCUT2D eigenvalue weighted by Gasteiger charge is 2.21. The van der Waals surface area contributed by atoms with Crippen LogP contribution in [-0.2, 0) is 6.42 Å². The van der Waals surface area contributed by atoms with Gasteiger partial charge in [0.2, 0.25) is 0 Å². The van der Waals surface area contributed by atoms with Crippen LogP contribution in [0.1, 0.15) is 74.8 Å². The summed E-state index contributed by atoms with van der Waals surface area (Å²) in [6.45, 7) is 15.7. The van der Waals surface area contributed by atoms with Crippen molar-refractivity contribution in [1.82, 2.24) is 19.7 Å². The van der Waals surface area contributed by atoms with Gasteiger partial charge >= 0.3 is 0 Å². The lowest BCUT2D eigenvalue weighted by molar-refractivity contribution is 0.187. The van der Waals surface area contributed by atoms with Crippen LogP contribution < -0.4 is 0 Å². The minimum absolute atomic E-state index is 0.139. The van der Waals surface area contributed by atoms with Crippen molar-refractivity contribution in [3.05, 3.63) is 64.9 Å². The van der Waals surface area contributed by atoms with Crippen molar-refractivity contribution in [2.75, 3.05) is 19.6 Å². The van der Waals surface area contributed by atoms with E-state index in [1.54, 1.807) is 6.07 Å². The zero-order valence-corrected chi connectivity index (χ0v) is 22.0. The van der Waals surface area contributed by atoms with E-state index in [1.165, 1.54) is 0 Å². The Hall–Kier alpha value is -2.86. The van der Waals surface area contributed by atoms with E-state index in [-0.39, 0.29) is 11.7 Å². The average molecular weight is 476 g/mol. The molecular formula is C29H38FN5. The summed E-state index contributed by atoms with van der Waals surface area (Å²) in [5, 5.41) is 4.71. The first-order valence-electron chi connectivity index (χ1n) is 12.8. The fourth-order valence-electron chi connectivity index (χ4n) is 5.34. The van der Waals surface area contributed by atoms with E-state index in [2.05, 4.69) is 42.6 Å². The number of hydrogen-bond acceptors (Lipinski definition) is 4. The number of pyridine rings is 1. The highest BCUT2D eigenvalue weighted by atomic mass is 19.1. The molecule has 0 spiro atoms. The number of hydrogen-bond donors (Lipinski definition) is 0. The lowest BCUT2D eigenvalue weighted by Gasteiger charge is -2.31. The maximum Gasteiger partial charge on any atom is 0.154 e. The normalized spacial score (nSPS) is 15.9. The van der Waals surface area contributed by atoms with Gasteiger partial charge in [-0.1, -0.05) is 19.9 Å². The number of halogens is 1. The molecule has 5 nitrogen and oxygen atoms in total. The maximum absolute atomic E-state index is 14.3. The second-order valence-electron chi connectivity index (χ2n) is 10.1. The van der Waals surface area contributed by atoms with Crippen LogP contribution in [0.25, 0.3) is 11.1 Å². The highest BCUT2D eigenvalue weighted by molar-refractivity contribution is 5.82. The second kappa shape index (κ2) is 10.8. The second-order valence-corrected chi connectivity index (χ2v) is 10.1. The van der Waals surface area contributed by atoms with Crippen LogP contribution in [0.3, 0.4) is 0 Å². The summed E-state index contributed by atoms with van der Waals surface area (Å²) in [6.07, 6.45) is 9.01. The Kier molecular flexibility index (Phi) is 7.80. The van der Waals surface area contributed by atoms with E-state index in [0.29, 0.717) is 6.04 Å². The van der Waals surface area contributed by atoms with Gasteiger partial charge in [-0.15, -0.1) is 0 Å². The van der Waals surface area contributed by atoms with Crippen molar-refractivity contribution < 1.29 is 4.39 Å². The summed E-state index contributed by atoms with van der Waals surface area (Å²) in [7, 11) is 0. The Labute approximate surface area is 209 Å². The zero-order chi connectivity index (χ0) is 25.1. The molecule has 0 N–H and O–H groups in total. The van der Waals surface area contributed by atoms with Gasteiger partial charge in [0.1, 0.15) is 5.82 Å². The van der Waals surface area contributed by atoms with E-state index < -0.39 is 0 Å². The van der Waals surface area contributed by atoms with Crippen LogP contribution in [0, 0.1) is 19.7 Å². The molecule has 1 unspecified atom stereocenters. The third-order valence-electron chi connectivity index (χ3n) is 7.27. The number of aliphatic imine (C=N–C) groups is 1. The van der Waals surface area contributed by atoms with Crippen molar-refractivity contribution in [3.8, 4) is 11.1 Å². The lowest BCUT2D eigenvalue weighted by Crippen LogP contribution is -2.34. The van der Waals surface area contributed by atoms with Gasteiger partial charge in [-0.2, -0.15) is 5.10 Å². The Balaban J connectivity index is 1.63. The molecule has 1 saturated heterocycles. The average Bonchev–Trinajstić information content (AvgIpc) is 3.33. The predicted molar refractivity (Wildman–Crippen MR) is 142 cm³/mol. The van der Waals surface area contributed by atoms with Gasteiger partial charge in [0.15, 0.2) is 5.82 Å². The minimum Gasteiger partial charge on any atom is -0.303 e. The van der Waals surface area contributed by atoms with Crippen LogP contribution >= 0.6 is 0 Å². The maximum atomic E-state index is 14.3. The topological polar surface area (TPSA) is 46.3 Å². The quantitative estimate of drug-likeness (QED) is 0.352. The molecule has 2 aromatic heterocycles. The molecule has 4 rings (SSSR count). The number of aromatic nitrogens is 3.